The summed E-state index contributed by atoms with van der Waals surface area (Å²) < 4.78 is 1.92. The highest BCUT2D eigenvalue weighted by Gasteiger charge is 2.12. The molecule has 2 aromatic carbocycles. The molecular formula is C24H31N5OS. The van der Waals surface area contributed by atoms with E-state index in [0.717, 1.165) is 30.9 Å². The molecule has 0 aliphatic carbocycles. The normalized spacial score (nSPS) is 11.1. The van der Waals surface area contributed by atoms with Crippen molar-refractivity contribution in [3.63, 3.8) is 0 Å². The van der Waals surface area contributed by atoms with Crippen LogP contribution in [0.15, 0.2) is 53.9 Å². The highest BCUT2D eigenvalue weighted by atomic mass is 32.2. The SMILES string of the molecule is CCN(CC)Cc1ccccc1CNC(=O)CSc1nncn1-c1ccc(C)c(C)c1. The van der Waals surface area contributed by atoms with Crippen molar-refractivity contribution in [3.8, 4) is 5.69 Å². The van der Waals surface area contributed by atoms with Gasteiger partial charge in [-0.3, -0.25) is 14.3 Å². The number of aryl methyl sites for hydroxylation is 2. The Balaban J connectivity index is 1.58. The molecule has 0 saturated carbocycles. The molecule has 7 heteroatoms. The second-order valence-electron chi connectivity index (χ2n) is 7.55. The fourth-order valence-electron chi connectivity index (χ4n) is 3.32. The van der Waals surface area contributed by atoms with Gasteiger partial charge in [0.15, 0.2) is 5.16 Å². The molecule has 0 saturated heterocycles. The summed E-state index contributed by atoms with van der Waals surface area (Å²) in [6.07, 6.45) is 1.69. The van der Waals surface area contributed by atoms with Gasteiger partial charge in [0.1, 0.15) is 6.33 Å². The number of thioether (sulfide) groups is 1. The summed E-state index contributed by atoms with van der Waals surface area (Å²) in [7, 11) is 0. The zero-order chi connectivity index (χ0) is 22.2. The Labute approximate surface area is 189 Å². The molecule has 0 unspecified atom stereocenters. The van der Waals surface area contributed by atoms with Crippen LogP contribution in [0.1, 0.15) is 36.1 Å². The summed E-state index contributed by atoms with van der Waals surface area (Å²) in [6.45, 7) is 12.0. The Kier molecular flexibility index (Phi) is 8.26. The number of nitrogens with zero attached hydrogens (tertiary/aromatic N) is 4. The van der Waals surface area contributed by atoms with Crippen molar-refractivity contribution in [2.24, 2.45) is 0 Å². The van der Waals surface area contributed by atoms with Crippen molar-refractivity contribution >= 4 is 17.7 Å². The third kappa shape index (κ3) is 6.18. The standard InChI is InChI=1S/C24H31N5OS/c1-5-28(6-2)15-21-10-8-7-9-20(21)14-25-23(30)16-31-24-27-26-17-29(24)22-12-11-18(3)19(4)13-22/h7-13,17H,5-6,14-16H2,1-4H3,(H,25,30). The molecule has 0 spiro atoms. The summed E-state index contributed by atoms with van der Waals surface area (Å²) >= 11 is 1.39. The highest BCUT2D eigenvalue weighted by Crippen LogP contribution is 2.21. The first kappa shape index (κ1) is 23.0. The van der Waals surface area contributed by atoms with Gasteiger partial charge in [-0.05, 0) is 61.3 Å². The van der Waals surface area contributed by atoms with Gasteiger partial charge in [-0.15, -0.1) is 10.2 Å². The van der Waals surface area contributed by atoms with E-state index in [2.05, 4.69) is 78.4 Å². The summed E-state index contributed by atoms with van der Waals surface area (Å²) in [4.78, 5) is 14.9. The maximum absolute atomic E-state index is 12.5. The molecule has 3 rings (SSSR count). The van der Waals surface area contributed by atoms with Crippen LogP contribution in [-0.4, -0.2) is 44.4 Å². The Morgan fingerprint density at radius 1 is 1.06 bits per heavy atom. The van der Waals surface area contributed by atoms with Gasteiger partial charge in [-0.2, -0.15) is 0 Å². The maximum atomic E-state index is 12.5. The van der Waals surface area contributed by atoms with Gasteiger partial charge in [-0.1, -0.05) is 55.9 Å². The molecule has 1 heterocycles. The van der Waals surface area contributed by atoms with Crippen LogP contribution in [0.2, 0.25) is 0 Å². The molecule has 0 aliphatic heterocycles. The number of amides is 1. The Morgan fingerprint density at radius 3 is 2.52 bits per heavy atom. The molecule has 0 bridgehead atoms. The van der Waals surface area contributed by atoms with E-state index >= 15 is 0 Å². The third-order valence-electron chi connectivity index (χ3n) is 5.50. The van der Waals surface area contributed by atoms with Crippen LogP contribution < -0.4 is 5.32 Å². The van der Waals surface area contributed by atoms with Gasteiger partial charge in [0.25, 0.3) is 0 Å². The highest BCUT2D eigenvalue weighted by molar-refractivity contribution is 7.99. The fraction of sp³-hybridized carbons (Fsp3) is 0.375. The number of aromatic nitrogens is 3. The lowest BCUT2D eigenvalue weighted by Gasteiger charge is -2.20. The molecule has 31 heavy (non-hydrogen) atoms. The van der Waals surface area contributed by atoms with E-state index in [4.69, 9.17) is 0 Å². The molecular weight excluding hydrogens is 406 g/mol. The first-order chi connectivity index (χ1) is 15.0. The molecule has 1 aromatic heterocycles. The zero-order valence-electron chi connectivity index (χ0n) is 18.8. The molecule has 0 aliphatic rings. The number of carbonyl (C=O) groups is 1. The van der Waals surface area contributed by atoms with Crippen LogP contribution in [0.25, 0.3) is 5.69 Å². The van der Waals surface area contributed by atoms with Crippen molar-refractivity contribution in [2.75, 3.05) is 18.8 Å². The van der Waals surface area contributed by atoms with Crippen LogP contribution in [0.4, 0.5) is 0 Å². The number of hydrogen-bond donors (Lipinski definition) is 1. The summed E-state index contributed by atoms with van der Waals surface area (Å²) in [5, 5.41) is 12.0. The molecule has 6 nitrogen and oxygen atoms in total. The van der Waals surface area contributed by atoms with Crippen LogP contribution in [-0.2, 0) is 17.9 Å². The minimum atomic E-state index is -0.0164. The van der Waals surface area contributed by atoms with E-state index in [0.29, 0.717) is 17.5 Å². The van der Waals surface area contributed by atoms with Crippen molar-refractivity contribution in [2.45, 2.75) is 45.9 Å². The lowest BCUT2D eigenvalue weighted by atomic mass is 10.1. The number of benzene rings is 2. The molecule has 0 atom stereocenters. The van der Waals surface area contributed by atoms with Crippen LogP contribution in [0.5, 0.6) is 0 Å². The molecule has 0 fully saturated rings. The molecule has 164 valence electrons. The molecule has 1 N–H and O–H groups in total. The zero-order valence-corrected chi connectivity index (χ0v) is 19.6. The molecule has 1 amide bonds. The minimum absolute atomic E-state index is 0.0164. The van der Waals surface area contributed by atoms with Crippen molar-refractivity contribution < 1.29 is 4.79 Å². The van der Waals surface area contributed by atoms with Gasteiger partial charge in [0.05, 0.1) is 5.75 Å². The van der Waals surface area contributed by atoms with Gasteiger partial charge in [-0.25, -0.2) is 0 Å². The van der Waals surface area contributed by atoms with Gasteiger partial charge >= 0.3 is 0 Å². The average molecular weight is 438 g/mol. The lowest BCUT2D eigenvalue weighted by Crippen LogP contribution is -2.27. The van der Waals surface area contributed by atoms with E-state index in [1.165, 1.54) is 28.5 Å². The van der Waals surface area contributed by atoms with Crippen LogP contribution >= 0.6 is 11.8 Å². The Morgan fingerprint density at radius 2 is 1.81 bits per heavy atom. The smallest absolute Gasteiger partial charge is 0.230 e. The Bertz CT molecular complexity index is 1010. The van der Waals surface area contributed by atoms with E-state index in [1.54, 1.807) is 6.33 Å². The lowest BCUT2D eigenvalue weighted by molar-refractivity contribution is -0.118. The van der Waals surface area contributed by atoms with Crippen molar-refractivity contribution in [3.05, 3.63) is 71.0 Å². The average Bonchev–Trinajstić information content (AvgIpc) is 3.25. The summed E-state index contributed by atoms with van der Waals surface area (Å²) in [5.41, 5.74) is 5.87. The second kappa shape index (κ2) is 11.1. The predicted octanol–water partition coefficient (Wildman–Crippen LogP) is 4.13. The monoisotopic (exact) mass is 437 g/mol. The number of rotatable bonds is 10. The largest absolute Gasteiger partial charge is 0.351 e. The summed E-state index contributed by atoms with van der Waals surface area (Å²) in [6, 6.07) is 14.5. The fourth-order valence-corrected chi connectivity index (χ4v) is 4.08. The van der Waals surface area contributed by atoms with E-state index in [1.807, 2.05) is 16.7 Å². The minimum Gasteiger partial charge on any atom is -0.351 e. The first-order valence-electron chi connectivity index (χ1n) is 10.7. The second-order valence-corrected chi connectivity index (χ2v) is 8.49. The van der Waals surface area contributed by atoms with Gasteiger partial charge in [0, 0.05) is 18.8 Å². The first-order valence-corrected chi connectivity index (χ1v) is 11.7. The number of nitrogens with one attached hydrogen (secondary N) is 1. The van der Waals surface area contributed by atoms with Crippen molar-refractivity contribution in [1.82, 2.24) is 25.0 Å². The van der Waals surface area contributed by atoms with Crippen molar-refractivity contribution in [1.29, 1.82) is 0 Å². The van der Waals surface area contributed by atoms with Gasteiger partial charge in [0.2, 0.25) is 5.91 Å². The summed E-state index contributed by atoms with van der Waals surface area (Å²) in [5.74, 6) is 0.277. The predicted molar refractivity (Wildman–Crippen MR) is 126 cm³/mol. The maximum Gasteiger partial charge on any atom is 0.230 e. The van der Waals surface area contributed by atoms with E-state index in [9.17, 15) is 4.79 Å². The van der Waals surface area contributed by atoms with Crippen LogP contribution in [0, 0.1) is 13.8 Å². The quantitative estimate of drug-likeness (QED) is 0.483. The van der Waals surface area contributed by atoms with E-state index < -0.39 is 0 Å². The number of hydrogen-bond acceptors (Lipinski definition) is 5. The van der Waals surface area contributed by atoms with Crippen LogP contribution in [0.3, 0.4) is 0 Å². The molecule has 3 aromatic rings. The van der Waals surface area contributed by atoms with E-state index in [-0.39, 0.29) is 5.91 Å². The third-order valence-corrected chi connectivity index (χ3v) is 6.44. The topological polar surface area (TPSA) is 63.1 Å². The van der Waals surface area contributed by atoms with Gasteiger partial charge < -0.3 is 5.32 Å². The molecule has 0 radical (unpaired) electrons. The Hall–Kier alpha value is -2.64. The number of carbonyl (C=O) groups excluding carboxylic acids is 1.